The van der Waals surface area contributed by atoms with Gasteiger partial charge in [-0.25, -0.2) is 5.43 Å². The molecular formula is C15H15BrN4. The Morgan fingerprint density at radius 1 is 1.25 bits per heavy atom. The van der Waals surface area contributed by atoms with Crippen molar-refractivity contribution in [3.63, 3.8) is 0 Å². The molecule has 0 saturated heterocycles. The second kappa shape index (κ2) is 5.56. The van der Waals surface area contributed by atoms with Crippen LogP contribution in [0.4, 0.5) is 5.69 Å². The number of fused-ring (bicyclic) bond motifs is 1. The van der Waals surface area contributed by atoms with E-state index in [-0.39, 0.29) is 0 Å². The molecule has 20 heavy (non-hydrogen) atoms. The highest BCUT2D eigenvalue weighted by Crippen LogP contribution is 2.28. The van der Waals surface area contributed by atoms with Crippen LogP contribution in [0.25, 0.3) is 0 Å². The number of rotatable bonds is 3. The molecule has 5 heteroatoms. The zero-order valence-electron chi connectivity index (χ0n) is 11.0. The van der Waals surface area contributed by atoms with Crippen LogP contribution in [0.3, 0.4) is 0 Å². The maximum atomic E-state index is 3.49. The Bertz CT molecular complexity index is 643. The number of anilines is 1. The van der Waals surface area contributed by atoms with Gasteiger partial charge in [-0.05, 0) is 24.3 Å². The van der Waals surface area contributed by atoms with Gasteiger partial charge in [-0.15, -0.1) is 0 Å². The summed E-state index contributed by atoms with van der Waals surface area (Å²) in [5.74, 6) is 0. The third-order valence-corrected chi connectivity index (χ3v) is 3.61. The zero-order chi connectivity index (χ0) is 13.9. The quantitative estimate of drug-likeness (QED) is 0.796. The van der Waals surface area contributed by atoms with Gasteiger partial charge in [-0.2, -0.15) is 0 Å². The summed E-state index contributed by atoms with van der Waals surface area (Å²) in [6.07, 6.45) is 10.1. The molecule has 0 aromatic heterocycles. The summed E-state index contributed by atoms with van der Waals surface area (Å²) in [6, 6.07) is 8.11. The van der Waals surface area contributed by atoms with Gasteiger partial charge in [-0.1, -0.05) is 22.0 Å². The van der Waals surface area contributed by atoms with Crippen molar-refractivity contribution < 1.29 is 0 Å². The Labute approximate surface area is 126 Å². The lowest BCUT2D eigenvalue weighted by Gasteiger charge is -2.26. The molecule has 102 valence electrons. The number of dihydropyridines is 1. The molecule has 3 N–H and O–H groups in total. The van der Waals surface area contributed by atoms with Crippen LogP contribution in [0, 0.1) is 0 Å². The average Bonchev–Trinajstić information content (AvgIpc) is 2.47. The van der Waals surface area contributed by atoms with E-state index in [0.717, 1.165) is 27.0 Å². The van der Waals surface area contributed by atoms with Crippen LogP contribution in [0.15, 0.2) is 76.5 Å². The lowest BCUT2D eigenvalue weighted by Crippen LogP contribution is -2.28. The number of nitrogens with one attached hydrogen (secondary N) is 3. The molecule has 0 atom stereocenters. The lowest BCUT2D eigenvalue weighted by atomic mass is 10.0. The molecular weight excluding hydrogens is 316 g/mol. The van der Waals surface area contributed by atoms with Crippen LogP contribution in [-0.4, -0.2) is 12.1 Å². The van der Waals surface area contributed by atoms with Crippen molar-refractivity contribution >= 4 is 21.6 Å². The Balaban J connectivity index is 1.86. The van der Waals surface area contributed by atoms with Gasteiger partial charge in [0.25, 0.3) is 0 Å². The molecule has 2 heterocycles. The van der Waals surface area contributed by atoms with Crippen LogP contribution in [0.5, 0.6) is 0 Å². The summed E-state index contributed by atoms with van der Waals surface area (Å²) < 4.78 is 1.05. The number of nitrogens with zero attached hydrogens (tertiary/aromatic N) is 1. The van der Waals surface area contributed by atoms with Gasteiger partial charge in [0.2, 0.25) is 0 Å². The molecule has 1 aromatic carbocycles. The number of hydrogen-bond acceptors (Lipinski definition) is 4. The minimum absolute atomic E-state index is 1.03. The SMILES string of the molecule is CNN1C=CC2=CNC=C(Nc3cccc(Br)c3)C2=C1. The van der Waals surface area contributed by atoms with Gasteiger partial charge in [-0.3, -0.25) is 5.01 Å². The van der Waals surface area contributed by atoms with E-state index in [1.165, 1.54) is 0 Å². The van der Waals surface area contributed by atoms with E-state index < -0.39 is 0 Å². The van der Waals surface area contributed by atoms with Crippen LogP contribution in [-0.2, 0) is 0 Å². The average molecular weight is 331 g/mol. The first-order valence-electron chi connectivity index (χ1n) is 6.32. The van der Waals surface area contributed by atoms with E-state index in [1.807, 2.05) is 54.9 Å². The minimum atomic E-state index is 1.03. The van der Waals surface area contributed by atoms with Crippen LogP contribution in [0.2, 0.25) is 0 Å². The minimum Gasteiger partial charge on any atom is -0.365 e. The molecule has 0 spiro atoms. The number of benzene rings is 1. The third kappa shape index (κ3) is 2.64. The maximum Gasteiger partial charge on any atom is 0.0642 e. The van der Waals surface area contributed by atoms with E-state index in [1.54, 1.807) is 0 Å². The maximum absolute atomic E-state index is 3.49. The summed E-state index contributed by atoms with van der Waals surface area (Å²) >= 11 is 3.49. The molecule has 0 amide bonds. The molecule has 2 aliphatic rings. The van der Waals surface area contributed by atoms with Gasteiger partial charge in [0.1, 0.15) is 0 Å². The summed E-state index contributed by atoms with van der Waals surface area (Å²) in [5.41, 5.74) is 7.45. The normalized spacial score (nSPS) is 16.7. The fraction of sp³-hybridized carbons (Fsp3) is 0.0667. The van der Waals surface area contributed by atoms with Gasteiger partial charge in [0.05, 0.1) is 5.70 Å². The Morgan fingerprint density at radius 2 is 2.15 bits per heavy atom. The first kappa shape index (κ1) is 13.0. The number of hydrogen-bond donors (Lipinski definition) is 3. The Hall–Kier alpha value is -1.98. The first-order chi connectivity index (χ1) is 9.76. The standard InChI is InChI=1S/C15H15BrN4/c1-17-20-6-5-11-8-18-9-15(14(11)10-20)19-13-4-2-3-12(16)7-13/h2-10,17-19H,1H3. The van der Waals surface area contributed by atoms with Crippen molar-refractivity contribution in [2.24, 2.45) is 0 Å². The lowest BCUT2D eigenvalue weighted by molar-refractivity contribution is 0.403. The molecule has 0 aliphatic carbocycles. The molecule has 3 rings (SSSR count). The summed E-state index contributed by atoms with van der Waals surface area (Å²) in [5, 5.41) is 8.53. The third-order valence-electron chi connectivity index (χ3n) is 3.11. The van der Waals surface area contributed by atoms with E-state index in [0.29, 0.717) is 0 Å². The summed E-state index contributed by atoms with van der Waals surface area (Å²) in [4.78, 5) is 0. The smallest absolute Gasteiger partial charge is 0.0642 e. The Morgan fingerprint density at radius 3 is 2.95 bits per heavy atom. The fourth-order valence-electron chi connectivity index (χ4n) is 2.11. The van der Waals surface area contributed by atoms with Crippen LogP contribution in [0.1, 0.15) is 0 Å². The van der Waals surface area contributed by atoms with Crippen molar-refractivity contribution in [2.75, 3.05) is 12.4 Å². The monoisotopic (exact) mass is 330 g/mol. The van der Waals surface area contributed by atoms with Crippen molar-refractivity contribution in [2.45, 2.75) is 0 Å². The van der Waals surface area contributed by atoms with Crippen molar-refractivity contribution in [3.8, 4) is 0 Å². The number of hydrazine groups is 1. The van der Waals surface area contributed by atoms with Gasteiger partial charge >= 0.3 is 0 Å². The second-order valence-corrected chi connectivity index (χ2v) is 5.36. The molecule has 2 aliphatic heterocycles. The van der Waals surface area contributed by atoms with E-state index >= 15 is 0 Å². The van der Waals surface area contributed by atoms with Gasteiger partial charge in [0.15, 0.2) is 0 Å². The highest BCUT2D eigenvalue weighted by Gasteiger charge is 2.17. The van der Waals surface area contributed by atoms with Crippen LogP contribution < -0.4 is 16.1 Å². The Kier molecular flexibility index (Phi) is 3.62. The van der Waals surface area contributed by atoms with E-state index in [2.05, 4.69) is 44.3 Å². The topological polar surface area (TPSA) is 39.3 Å². The van der Waals surface area contributed by atoms with Crippen molar-refractivity contribution in [3.05, 3.63) is 76.5 Å². The molecule has 0 saturated carbocycles. The number of allylic oxidation sites excluding steroid dienone is 2. The highest BCUT2D eigenvalue weighted by atomic mass is 79.9. The van der Waals surface area contributed by atoms with Crippen LogP contribution >= 0.6 is 15.9 Å². The van der Waals surface area contributed by atoms with E-state index in [9.17, 15) is 0 Å². The fourth-order valence-corrected chi connectivity index (χ4v) is 2.51. The number of halogens is 1. The predicted molar refractivity (Wildman–Crippen MR) is 85.2 cm³/mol. The van der Waals surface area contributed by atoms with Gasteiger partial charge in [0, 0.05) is 53.2 Å². The summed E-state index contributed by atoms with van der Waals surface area (Å²) in [6.45, 7) is 0. The molecule has 0 radical (unpaired) electrons. The molecule has 4 nitrogen and oxygen atoms in total. The zero-order valence-corrected chi connectivity index (χ0v) is 12.6. The van der Waals surface area contributed by atoms with Crippen molar-refractivity contribution in [1.29, 1.82) is 0 Å². The van der Waals surface area contributed by atoms with Crippen molar-refractivity contribution in [1.82, 2.24) is 15.8 Å². The molecule has 0 fully saturated rings. The largest absolute Gasteiger partial charge is 0.365 e. The van der Waals surface area contributed by atoms with E-state index in [4.69, 9.17) is 0 Å². The highest BCUT2D eigenvalue weighted by molar-refractivity contribution is 9.10. The first-order valence-corrected chi connectivity index (χ1v) is 7.11. The predicted octanol–water partition coefficient (Wildman–Crippen LogP) is 3.04. The second-order valence-electron chi connectivity index (χ2n) is 4.45. The van der Waals surface area contributed by atoms with Gasteiger partial charge < -0.3 is 10.6 Å². The molecule has 1 aromatic rings. The molecule has 0 unspecified atom stereocenters. The summed E-state index contributed by atoms with van der Waals surface area (Å²) in [7, 11) is 1.89. The molecule has 0 bridgehead atoms.